The van der Waals surface area contributed by atoms with E-state index >= 15 is 0 Å². The fourth-order valence-electron chi connectivity index (χ4n) is 2.55. The van der Waals surface area contributed by atoms with Crippen molar-refractivity contribution in [2.24, 2.45) is 0 Å². The molecule has 130 valence electrons. The van der Waals surface area contributed by atoms with Crippen molar-refractivity contribution in [3.05, 3.63) is 53.6 Å². The van der Waals surface area contributed by atoms with Crippen LogP contribution >= 0.6 is 11.6 Å². The van der Waals surface area contributed by atoms with Gasteiger partial charge in [-0.2, -0.15) is 0 Å². The molecule has 2 amide bonds. The summed E-state index contributed by atoms with van der Waals surface area (Å²) < 4.78 is 11.2. The van der Waals surface area contributed by atoms with Crippen molar-refractivity contribution in [2.75, 3.05) is 25.1 Å². The third-order valence-electron chi connectivity index (χ3n) is 3.77. The number of anilines is 1. The highest BCUT2D eigenvalue weighted by Gasteiger charge is 2.33. The number of halogens is 1. The zero-order chi connectivity index (χ0) is 17.8. The number of likely N-dealkylation sites (N-methyl/N-ethyl adjacent to an activating group) is 1. The molecule has 2 aromatic carbocycles. The van der Waals surface area contributed by atoms with E-state index in [4.69, 9.17) is 21.1 Å². The van der Waals surface area contributed by atoms with Gasteiger partial charge >= 0.3 is 0 Å². The number of hydrogen-bond acceptors (Lipinski definition) is 4. The van der Waals surface area contributed by atoms with Crippen molar-refractivity contribution in [2.45, 2.75) is 6.10 Å². The largest absolute Gasteiger partial charge is 0.484 e. The number of hydrogen-bond donors (Lipinski definition) is 1. The Balaban J connectivity index is 1.77. The zero-order valence-electron chi connectivity index (χ0n) is 13.6. The molecule has 3 rings (SSSR count). The molecular formula is C18H17ClN2O4. The standard InChI is InChI=1S/C18H17ClN2O4/c1-20-18(23)16-10-21(14-7-2-3-8-15(14)25-16)17(22)11-24-13-6-4-5-12(19)9-13/h2-9,16H,10-11H2,1H3,(H,20,23). The molecule has 6 nitrogen and oxygen atoms in total. The molecule has 0 fully saturated rings. The highest BCUT2D eigenvalue weighted by atomic mass is 35.5. The third-order valence-corrected chi connectivity index (χ3v) is 4.01. The van der Waals surface area contributed by atoms with E-state index in [2.05, 4.69) is 5.32 Å². The van der Waals surface area contributed by atoms with Crippen LogP contribution in [0.3, 0.4) is 0 Å². The van der Waals surface area contributed by atoms with Gasteiger partial charge in [-0.05, 0) is 30.3 Å². The lowest BCUT2D eigenvalue weighted by molar-refractivity contribution is -0.128. The topological polar surface area (TPSA) is 67.9 Å². The second kappa shape index (κ2) is 7.44. The van der Waals surface area contributed by atoms with E-state index in [0.29, 0.717) is 22.2 Å². The Hall–Kier alpha value is -2.73. The summed E-state index contributed by atoms with van der Waals surface area (Å²) in [4.78, 5) is 26.1. The number of rotatable bonds is 4. The fraction of sp³-hybridized carbons (Fsp3) is 0.222. The molecule has 0 saturated carbocycles. The lowest BCUT2D eigenvalue weighted by Crippen LogP contribution is -2.51. The summed E-state index contributed by atoms with van der Waals surface area (Å²) in [5.74, 6) is 0.427. The molecule has 0 aromatic heterocycles. The molecule has 25 heavy (non-hydrogen) atoms. The molecule has 1 aliphatic rings. The van der Waals surface area contributed by atoms with Gasteiger partial charge in [0.25, 0.3) is 11.8 Å². The van der Waals surface area contributed by atoms with E-state index in [1.54, 1.807) is 48.5 Å². The predicted octanol–water partition coefficient (Wildman–Crippen LogP) is 2.26. The van der Waals surface area contributed by atoms with Crippen molar-refractivity contribution < 1.29 is 19.1 Å². The Bertz CT molecular complexity index is 796. The number of para-hydroxylation sites is 2. The lowest BCUT2D eigenvalue weighted by atomic mass is 10.1. The number of carbonyl (C=O) groups is 2. The summed E-state index contributed by atoms with van der Waals surface area (Å²) in [5.41, 5.74) is 0.613. The van der Waals surface area contributed by atoms with E-state index in [-0.39, 0.29) is 25.0 Å². The number of nitrogens with zero attached hydrogens (tertiary/aromatic N) is 1. The Kier molecular flexibility index (Phi) is 5.09. The first-order chi connectivity index (χ1) is 12.1. The van der Waals surface area contributed by atoms with Gasteiger partial charge in [-0.3, -0.25) is 9.59 Å². The quantitative estimate of drug-likeness (QED) is 0.908. The van der Waals surface area contributed by atoms with E-state index in [9.17, 15) is 9.59 Å². The van der Waals surface area contributed by atoms with Gasteiger partial charge in [-0.1, -0.05) is 29.8 Å². The Labute approximate surface area is 150 Å². The summed E-state index contributed by atoms with van der Waals surface area (Å²) in [5, 5.41) is 3.07. The lowest BCUT2D eigenvalue weighted by Gasteiger charge is -2.33. The number of benzene rings is 2. The normalized spacial score (nSPS) is 15.8. The Morgan fingerprint density at radius 1 is 1.28 bits per heavy atom. The van der Waals surface area contributed by atoms with Gasteiger partial charge in [-0.25, -0.2) is 0 Å². The fourth-order valence-corrected chi connectivity index (χ4v) is 2.73. The average Bonchev–Trinajstić information content (AvgIpc) is 2.64. The SMILES string of the molecule is CNC(=O)C1CN(C(=O)COc2cccc(Cl)c2)c2ccccc2O1. The van der Waals surface area contributed by atoms with Crippen LogP contribution in [0.1, 0.15) is 0 Å². The van der Waals surface area contributed by atoms with E-state index < -0.39 is 6.10 Å². The number of carbonyl (C=O) groups excluding carboxylic acids is 2. The van der Waals surface area contributed by atoms with Gasteiger partial charge in [0, 0.05) is 12.1 Å². The monoisotopic (exact) mass is 360 g/mol. The highest BCUT2D eigenvalue weighted by molar-refractivity contribution is 6.30. The molecule has 0 spiro atoms. The van der Waals surface area contributed by atoms with Crippen molar-refractivity contribution in [1.82, 2.24) is 5.32 Å². The first kappa shape index (κ1) is 17.1. The molecule has 2 aromatic rings. The van der Waals surface area contributed by atoms with E-state index in [1.807, 2.05) is 0 Å². The van der Waals surface area contributed by atoms with Crippen molar-refractivity contribution in [1.29, 1.82) is 0 Å². The van der Waals surface area contributed by atoms with Crippen LogP contribution in [0.4, 0.5) is 5.69 Å². The van der Waals surface area contributed by atoms with Crippen LogP contribution in [-0.4, -0.2) is 38.1 Å². The minimum Gasteiger partial charge on any atom is -0.484 e. The molecule has 1 N–H and O–H groups in total. The van der Waals surface area contributed by atoms with Crippen LogP contribution in [0.5, 0.6) is 11.5 Å². The zero-order valence-corrected chi connectivity index (χ0v) is 14.3. The first-order valence-corrected chi connectivity index (χ1v) is 8.12. The second-order valence-corrected chi connectivity index (χ2v) is 5.88. The predicted molar refractivity (Wildman–Crippen MR) is 94.2 cm³/mol. The molecule has 0 saturated heterocycles. The molecule has 0 bridgehead atoms. The number of amides is 2. The smallest absolute Gasteiger partial charge is 0.265 e. The van der Waals surface area contributed by atoms with Crippen molar-refractivity contribution in [3.63, 3.8) is 0 Å². The van der Waals surface area contributed by atoms with Crippen molar-refractivity contribution in [3.8, 4) is 11.5 Å². The van der Waals surface area contributed by atoms with Gasteiger partial charge in [0.05, 0.1) is 12.2 Å². The molecule has 1 heterocycles. The Morgan fingerprint density at radius 3 is 2.84 bits per heavy atom. The van der Waals surface area contributed by atoms with Gasteiger partial charge < -0.3 is 19.7 Å². The van der Waals surface area contributed by atoms with E-state index in [1.165, 1.54) is 11.9 Å². The van der Waals surface area contributed by atoms with Crippen LogP contribution < -0.4 is 19.7 Å². The van der Waals surface area contributed by atoms with Gasteiger partial charge in [0.1, 0.15) is 11.5 Å². The first-order valence-electron chi connectivity index (χ1n) is 7.74. The van der Waals surface area contributed by atoms with Gasteiger partial charge in [0.2, 0.25) is 0 Å². The summed E-state index contributed by atoms with van der Waals surface area (Å²) in [6.07, 6.45) is -0.769. The maximum Gasteiger partial charge on any atom is 0.265 e. The van der Waals surface area contributed by atoms with Crippen LogP contribution in [0.25, 0.3) is 0 Å². The van der Waals surface area contributed by atoms with E-state index in [0.717, 1.165) is 0 Å². The molecule has 0 radical (unpaired) electrons. The second-order valence-electron chi connectivity index (χ2n) is 5.44. The van der Waals surface area contributed by atoms with Crippen molar-refractivity contribution >= 4 is 29.1 Å². The highest BCUT2D eigenvalue weighted by Crippen LogP contribution is 2.33. The molecule has 7 heteroatoms. The summed E-state index contributed by atoms with van der Waals surface area (Å²) in [7, 11) is 1.53. The van der Waals surface area contributed by atoms with Crippen LogP contribution in [0, 0.1) is 0 Å². The summed E-state index contributed by atoms with van der Waals surface area (Å²) >= 11 is 5.91. The minimum atomic E-state index is -0.769. The summed E-state index contributed by atoms with van der Waals surface area (Å²) in [6.45, 7) is -0.0520. The van der Waals surface area contributed by atoms with Crippen LogP contribution in [0.2, 0.25) is 5.02 Å². The summed E-state index contributed by atoms with van der Waals surface area (Å²) in [6, 6.07) is 13.9. The number of nitrogens with one attached hydrogen (secondary N) is 1. The molecule has 1 unspecified atom stereocenters. The number of fused-ring (bicyclic) bond motifs is 1. The molecule has 0 aliphatic carbocycles. The van der Waals surface area contributed by atoms with Gasteiger partial charge in [-0.15, -0.1) is 0 Å². The van der Waals surface area contributed by atoms with Crippen LogP contribution in [-0.2, 0) is 9.59 Å². The number of ether oxygens (including phenoxy) is 2. The molecule has 1 aliphatic heterocycles. The van der Waals surface area contributed by atoms with Gasteiger partial charge in [0.15, 0.2) is 12.7 Å². The average molecular weight is 361 g/mol. The molecule has 1 atom stereocenters. The minimum absolute atomic E-state index is 0.119. The van der Waals surface area contributed by atoms with Crippen LogP contribution in [0.15, 0.2) is 48.5 Å². The third kappa shape index (κ3) is 3.85. The maximum atomic E-state index is 12.7. The maximum absolute atomic E-state index is 12.7. The molecular weight excluding hydrogens is 344 g/mol. The Morgan fingerprint density at radius 2 is 2.08 bits per heavy atom.